The van der Waals surface area contributed by atoms with Crippen molar-refractivity contribution < 1.29 is 14.3 Å². The van der Waals surface area contributed by atoms with Crippen LogP contribution in [-0.2, 0) is 4.79 Å². The van der Waals surface area contributed by atoms with Crippen LogP contribution in [-0.4, -0.2) is 23.9 Å². The fourth-order valence-electron chi connectivity index (χ4n) is 1.28. The maximum Gasteiger partial charge on any atom is 0.308 e. The lowest BCUT2D eigenvalue weighted by Gasteiger charge is -2.10. The molecule has 19 heavy (non-hydrogen) atoms. The van der Waals surface area contributed by atoms with Crippen molar-refractivity contribution in [1.29, 1.82) is 0 Å². The van der Waals surface area contributed by atoms with E-state index in [4.69, 9.17) is 15.2 Å². The first-order valence-corrected chi connectivity index (χ1v) is 5.97. The Kier molecular flexibility index (Phi) is 5.74. The molecular formula is C12H15N3O3S. The van der Waals surface area contributed by atoms with Gasteiger partial charge in [-0.05, 0) is 42.9 Å². The number of hydrogen-bond acceptors (Lipinski definition) is 5. The Balaban J connectivity index is 2.91. The van der Waals surface area contributed by atoms with E-state index < -0.39 is 5.97 Å². The summed E-state index contributed by atoms with van der Waals surface area (Å²) in [4.78, 5) is 11.0. The lowest BCUT2D eigenvalue weighted by Crippen LogP contribution is -2.23. The maximum absolute atomic E-state index is 11.0. The van der Waals surface area contributed by atoms with Gasteiger partial charge in [-0.1, -0.05) is 0 Å². The van der Waals surface area contributed by atoms with E-state index in [0.29, 0.717) is 18.1 Å². The van der Waals surface area contributed by atoms with Crippen molar-refractivity contribution >= 4 is 29.5 Å². The molecule has 0 aliphatic heterocycles. The molecule has 0 radical (unpaired) electrons. The van der Waals surface area contributed by atoms with Crippen molar-refractivity contribution in [3.05, 3.63) is 23.8 Å². The second-order valence-electron chi connectivity index (χ2n) is 3.47. The average Bonchev–Trinajstić information content (AvgIpc) is 2.31. The quantitative estimate of drug-likeness (QED) is 0.277. The minimum absolute atomic E-state index is 0.0813. The SMILES string of the molecule is CCOc1cc(C=NNC(N)=S)ccc1OC(C)=O. The predicted molar refractivity (Wildman–Crippen MR) is 76.4 cm³/mol. The van der Waals surface area contributed by atoms with Crippen LogP contribution in [0.5, 0.6) is 11.5 Å². The number of hydrogen-bond donors (Lipinski definition) is 2. The number of hydrazone groups is 1. The van der Waals surface area contributed by atoms with Gasteiger partial charge in [0.2, 0.25) is 0 Å². The first-order valence-electron chi connectivity index (χ1n) is 5.56. The average molecular weight is 281 g/mol. The predicted octanol–water partition coefficient (Wildman–Crippen LogP) is 1.18. The summed E-state index contributed by atoms with van der Waals surface area (Å²) in [7, 11) is 0. The molecule has 1 aromatic rings. The van der Waals surface area contributed by atoms with Crippen molar-refractivity contribution in [2.24, 2.45) is 10.8 Å². The molecule has 1 aromatic carbocycles. The van der Waals surface area contributed by atoms with Crippen molar-refractivity contribution in [1.82, 2.24) is 5.43 Å². The molecule has 0 heterocycles. The Morgan fingerprint density at radius 1 is 1.53 bits per heavy atom. The molecule has 0 saturated carbocycles. The monoisotopic (exact) mass is 281 g/mol. The van der Waals surface area contributed by atoms with Crippen LogP contribution in [0.25, 0.3) is 0 Å². The smallest absolute Gasteiger partial charge is 0.308 e. The standard InChI is InChI=1S/C12H15N3O3S/c1-3-17-11-6-9(7-14-15-12(13)19)4-5-10(11)18-8(2)16/h4-7H,3H2,1-2H3,(H3,13,15,19). The van der Waals surface area contributed by atoms with E-state index in [1.807, 2.05) is 6.92 Å². The third-order valence-corrected chi connectivity index (χ3v) is 2.00. The first kappa shape index (κ1) is 14.9. The van der Waals surface area contributed by atoms with E-state index in [2.05, 4.69) is 22.7 Å². The molecule has 0 aliphatic carbocycles. The Bertz CT molecular complexity index is 503. The van der Waals surface area contributed by atoms with Crippen molar-refractivity contribution in [3.8, 4) is 11.5 Å². The van der Waals surface area contributed by atoms with E-state index in [-0.39, 0.29) is 5.11 Å². The summed E-state index contributed by atoms with van der Waals surface area (Å²) in [6.07, 6.45) is 1.53. The summed E-state index contributed by atoms with van der Waals surface area (Å²) >= 11 is 4.62. The summed E-state index contributed by atoms with van der Waals surface area (Å²) in [6, 6.07) is 5.06. The van der Waals surface area contributed by atoms with Gasteiger partial charge in [0.25, 0.3) is 0 Å². The Labute approximate surface area is 116 Å². The molecule has 0 unspecified atom stereocenters. The van der Waals surface area contributed by atoms with Crippen LogP contribution in [0.4, 0.5) is 0 Å². The molecule has 0 bridgehead atoms. The van der Waals surface area contributed by atoms with Gasteiger partial charge in [-0.2, -0.15) is 5.10 Å². The van der Waals surface area contributed by atoms with Crippen LogP contribution in [0.2, 0.25) is 0 Å². The molecule has 0 amide bonds. The van der Waals surface area contributed by atoms with Gasteiger partial charge in [0.1, 0.15) is 0 Å². The van der Waals surface area contributed by atoms with Gasteiger partial charge in [0.05, 0.1) is 12.8 Å². The molecule has 6 nitrogen and oxygen atoms in total. The second-order valence-corrected chi connectivity index (χ2v) is 3.91. The molecule has 0 aromatic heterocycles. The topological polar surface area (TPSA) is 85.9 Å². The van der Waals surface area contributed by atoms with Gasteiger partial charge in [-0.15, -0.1) is 0 Å². The van der Waals surface area contributed by atoms with Gasteiger partial charge in [0, 0.05) is 6.92 Å². The van der Waals surface area contributed by atoms with E-state index in [0.717, 1.165) is 5.56 Å². The number of esters is 1. The Hall–Kier alpha value is -2.15. The fraction of sp³-hybridized carbons (Fsp3) is 0.250. The summed E-state index contributed by atoms with van der Waals surface area (Å²) in [5.74, 6) is 0.434. The minimum Gasteiger partial charge on any atom is -0.490 e. The number of ether oxygens (including phenoxy) is 2. The van der Waals surface area contributed by atoms with Crippen LogP contribution in [0.1, 0.15) is 19.4 Å². The van der Waals surface area contributed by atoms with Crippen LogP contribution in [0.3, 0.4) is 0 Å². The molecular weight excluding hydrogens is 266 g/mol. The molecule has 0 spiro atoms. The summed E-state index contributed by atoms with van der Waals surface area (Å²) in [6.45, 7) is 3.63. The lowest BCUT2D eigenvalue weighted by atomic mass is 10.2. The van der Waals surface area contributed by atoms with Crippen LogP contribution < -0.4 is 20.6 Å². The fourth-order valence-corrected chi connectivity index (χ4v) is 1.34. The van der Waals surface area contributed by atoms with E-state index >= 15 is 0 Å². The highest BCUT2D eigenvalue weighted by molar-refractivity contribution is 7.80. The molecule has 0 fully saturated rings. The molecule has 3 N–H and O–H groups in total. The molecule has 0 aliphatic rings. The number of rotatable bonds is 5. The largest absolute Gasteiger partial charge is 0.490 e. The van der Waals surface area contributed by atoms with Crippen LogP contribution in [0, 0.1) is 0 Å². The number of benzene rings is 1. The number of carbonyl (C=O) groups is 1. The normalized spacial score (nSPS) is 10.2. The highest BCUT2D eigenvalue weighted by Gasteiger charge is 2.07. The maximum atomic E-state index is 11.0. The molecule has 102 valence electrons. The molecule has 0 saturated heterocycles. The minimum atomic E-state index is -0.405. The molecule has 1 rings (SSSR count). The Morgan fingerprint density at radius 3 is 2.84 bits per heavy atom. The number of thiocarbonyl (C=S) groups is 1. The lowest BCUT2D eigenvalue weighted by molar-refractivity contribution is -0.132. The highest BCUT2D eigenvalue weighted by Crippen LogP contribution is 2.28. The van der Waals surface area contributed by atoms with Gasteiger partial charge < -0.3 is 15.2 Å². The van der Waals surface area contributed by atoms with Crippen molar-refractivity contribution in [2.75, 3.05) is 6.61 Å². The molecule has 7 heteroatoms. The zero-order chi connectivity index (χ0) is 14.3. The third-order valence-electron chi connectivity index (χ3n) is 1.91. The number of carbonyl (C=O) groups excluding carboxylic acids is 1. The number of nitrogens with two attached hydrogens (primary N) is 1. The van der Waals surface area contributed by atoms with E-state index in [1.54, 1.807) is 18.2 Å². The highest BCUT2D eigenvalue weighted by atomic mass is 32.1. The molecule has 0 atom stereocenters. The zero-order valence-electron chi connectivity index (χ0n) is 10.7. The Morgan fingerprint density at radius 2 is 2.26 bits per heavy atom. The van der Waals surface area contributed by atoms with Gasteiger partial charge in [-0.3, -0.25) is 10.2 Å². The number of nitrogens with one attached hydrogen (secondary N) is 1. The first-order chi connectivity index (χ1) is 9.02. The van der Waals surface area contributed by atoms with Crippen LogP contribution in [0.15, 0.2) is 23.3 Å². The van der Waals surface area contributed by atoms with Gasteiger partial charge in [0.15, 0.2) is 16.6 Å². The van der Waals surface area contributed by atoms with Gasteiger partial charge in [-0.25, -0.2) is 0 Å². The zero-order valence-corrected chi connectivity index (χ0v) is 11.5. The summed E-state index contributed by atoms with van der Waals surface area (Å²) < 4.78 is 10.4. The van der Waals surface area contributed by atoms with Crippen molar-refractivity contribution in [2.45, 2.75) is 13.8 Å². The second kappa shape index (κ2) is 7.32. The number of nitrogens with zero attached hydrogens (tertiary/aromatic N) is 1. The van der Waals surface area contributed by atoms with E-state index in [9.17, 15) is 4.79 Å². The summed E-state index contributed by atoms with van der Waals surface area (Å²) in [5.41, 5.74) is 8.44. The van der Waals surface area contributed by atoms with Crippen LogP contribution >= 0.6 is 12.2 Å². The van der Waals surface area contributed by atoms with Crippen molar-refractivity contribution in [3.63, 3.8) is 0 Å². The third kappa shape index (κ3) is 5.35. The summed E-state index contributed by atoms with van der Waals surface area (Å²) in [5, 5.41) is 3.91. The van der Waals surface area contributed by atoms with E-state index in [1.165, 1.54) is 13.1 Å². The van der Waals surface area contributed by atoms with Gasteiger partial charge >= 0.3 is 5.97 Å².